The van der Waals surface area contributed by atoms with Crippen molar-refractivity contribution in [2.24, 2.45) is 0 Å². The number of benzene rings is 2. The van der Waals surface area contributed by atoms with Gasteiger partial charge in [0.05, 0.1) is 12.6 Å². The Hall–Kier alpha value is -3.06. The highest BCUT2D eigenvalue weighted by Gasteiger charge is 2.33. The third kappa shape index (κ3) is 3.53. The van der Waals surface area contributed by atoms with Gasteiger partial charge >= 0.3 is 6.03 Å². The summed E-state index contributed by atoms with van der Waals surface area (Å²) in [6.45, 7) is 2.24. The van der Waals surface area contributed by atoms with Crippen molar-refractivity contribution in [1.82, 2.24) is 15.3 Å². The van der Waals surface area contributed by atoms with Crippen LogP contribution in [0.4, 0.5) is 4.79 Å². The molecular formula is C21H23N3O4. The van der Waals surface area contributed by atoms with Crippen molar-refractivity contribution in [3.05, 3.63) is 65.2 Å². The number of hydroxylamine groups is 1. The van der Waals surface area contributed by atoms with Crippen molar-refractivity contribution in [2.75, 3.05) is 19.7 Å². The predicted molar refractivity (Wildman–Crippen MR) is 102 cm³/mol. The van der Waals surface area contributed by atoms with Gasteiger partial charge in [-0.2, -0.15) is 0 Å². The van der Waals surface area contributed by atoms with Gasteiger partial charge in [-0.3, -0.25) is 10.0 Å². The molecule has 0 aromatic heterocycles. The molecule has 0 bridgehead atoms. The number of ether oxygens (including phenoxy) is 1. The lowest BCUT2D eigenvalue weighted by Gasteiger charge is -2.33. The van der Waals surface area contributed by atoms with Crippen LogP contribution in [-0.2, 0) is 6.54 Å². The Bertz CT molecular complexity index is 865. The molecule has 7 heteroatoms. The molecule has 0 saturated carbocycles. The maximum Gasteiger partial charge on any atom is 0.320 e. The lowest BCUT2D eigenvalue weighted by Crippen LogP contribution is -2.44. The number of likely N-dealkylation sites (tertiary alicyclic amines) is 1. The van der Waals surface area contributed by atoms with Gasteiger partial charge in [0.2, 0.25) is 0 Å². The Labute approximate surface area is 163 Å². The van der Waals surface area contributed by atoms with Crippen molar-refractivity contribution in [3.8, 4) is 5.75 Å². The van der Waals surface area contributed by atoms with E-state index in [1.54, 1.807) is 23.7 Å². The largest absolute Gasteiger partial charge is 0.491 e. The number of carbonyl (C=O) groups is 2. The Morgan fingerprint density at radius 3 is 2.54 bits per heavy atom. The summed E-state index contributed by atoms with van der Waals surface area (Å²) in [5, 5.41) is 8.88. The van der Waals surface area contributed by atoms with E-state index in [1.807, 2.05) is 40.1 Å². The minimum absolute atomic E-state index is 0.0139. The maximum atomic E-state index is 13.3. The van der Waals surface area contributed by atoms with Crippen LogP contribution in [0.1, 0.15) is 40.4 Å². The molecule has 1 fully saturated rings. The number of amides is 3. The van der Waals surface area contributed by atoms with Gasteiger partial charge in [0.15, 0.2) is 0 Å². The number of urea groups is 1. The summed E-state index contributed by atoms with van der Waals surface area (Å²) in [6.07, 6.45) is 2.06. The number of hydrogen-bond donors (Lipinski definition) is 2. The van der Waals surface area contributed by atoms with Crippen LogP contribution in [0.5, 0.6) is 5.75 Å². The molecule has 0 spiro atoms. The second kappa shape index (κ2) is 7.90. The lowest BCUT2D eigenvalue weighted by molar-refractivity contribution is 0.0706. The Morgan fingerprint density at radius 2 is 1.82 bits per heavy atom. The van der Waals surface area contributed by atoms with E-state index < -0.39 is 5.91 Å². The van der Waals surface area contributed by atoms with E-state index >= 15 is 0 Å². The average Bonchev–Trinajstić information content (AvgIpc) is 3.21. The highest BCUT2D eigenvalue weighted by molar-refractivity contribution is 5.93. The maximum absolute atomic E-state index is 13.3. The van der Waals surface area contributed by atoms with E-state index in [2.05, 4.69) is 0 Å². The molecular weight excluding hydrogens is 358 g/mol. The summed E-state index contributed by atoms with van der Waals surface area (Å²) in [5.41, 5.74) is 3.78. The fourth-order valence-corrected chi connectivity index (χ4v) is 3.82. The van der Waals surface area contributed by atoms with Crippen LogP contribution in [0.15, 0.2) is 48.5 Å². The third-order valence-electron chi connectivity index (χ3n) is 5.35. The van der Waals surface area contributed by atoms with Crippen LogP contribution in [0.25, 0.3) is 0 Å². The molecule has 28 heavy (non-hydrogen) atoms. The molecule has 2 N–H and O–H groups in total. The zero-order valence-corrected chi connectivity index (χ0v) is 15.5. The second-order valence-corrected chi connectivity index (χ2v) is 7.11. The molecule has 7 nitrogen and oxygen atoms in total. The molecule has 2 aliphatic rings. The summed E-state index contributed by atoms with van der Waals surface area (Å²) in [4.78, 5) is 28.8. The third-order valence-corrected chi connectivity index (χ3v) is 5.35. The molecule has 2 aromatic carbocycles. The van der Waals surface area contributed by atoms with Crippen LogP contribution in [-0.4, -0.2) is 46.6 Å². The monoisotopic (exact) mass is 381 g/mol. The van der Waals surface area contributed by atoms with Crippen LogP contribution in [0, 0.1) is 0 Å². The zero-order valence-electron chi connectivity index (χ0n) is 15.5. The fourth-order valence-electron chi connectivity index (χ4n) is 3.82. The van der Waals surface area contributed by atoms with Gasteiger partial charge < -0.3 is 14.5 Å². The molecule has 0 aliphatic carbocycles. The molecule has 146 valence electrons. The molecule has 3 amide bonds. The van der Waals surface area contributed by atoms with E-state index in [0.29, 0.717) is 24.5 Å². The molecule has 2 aliphatic heterocycles. The van der Waals surface area contributed by atoms with Crippen LogP contribution >= 0.6 is 0 Å². The van der Waals surface area contributed by atoms with Crippen molar-refractivity contribution in [1.29, 1.82) is 0 Å². The van der Waals surface area contributed by atoms with E-state index in [0.717, 1.165) is 37.1 Å². The molecule has 1 atom stereocenters. The van der Waals surface area contributed by atoms with E-state index in [4.69, 9.17) is 9.94 Å². The Kier molecular flexibility index (Phi) is 5.16. The minimum Gasteiger partial charge on any atom is -0.491 e. The second-order valence-electron chi connectivity index (χ2n) is 7.11. The Morgan fingerprint density at radius 1 is 1.07 bits per heavy atom. The molecule has 0 unspecified atom stereocenters. The summed E-state index contributed by atoms with van der Waals surface area (Å²) in [7, 11) is 0. The van der Waals surface area contributed by atoms with E-state index in [-0.39, 0.29) is 12.1 Å². The van der Waals surface area contributed by atoms with Gasteiger partial charge in [0.1, 0.15) is 12.4 Å². The predicted octanol–water partition coefficient (Wildman–Crippen LogP) is 2.96. The number of carbonyl (C=O) groups excluding carboxylic acids is 2. The minimum atomic E-state index is -0.597. The first-order valence-corrected chi connectivity index (χ1v) is 9.48. The van der Waals surface area contributed by atoms with Gasteiger partial charge in [-0.15, -0.1) is 0 Å². The van der Waals surface area contributed by atoms with Crippen molar-refractivity contribution in [3.63, 3.8) is 0 Å². The van der Waals surface area contributed by atoms with Gasteiger partial charge in [-0.05, 0) is 30.5 Å². The zero-order chi connectivity index (χ0) is 19.5. The summed E-state index contributed by atoms with van der Waals surface area (Å²) in [6, 6.07) is 14.6. The number of hydrogen-bond acceptors (Lipinski definition) is 4. The first-order chi connectivity index (χ1) is 13.7. The summed E-state index contributed by atoms with van der Waals surface area (Å²) >= 11 is 0. The van der Waals surface area contributed by atoms with Gasteiger partial charge in [0.25, 0.3) is 5.91 Å². The van der Waals surface area contributed by atoms with E-state index in [9.17, 15) is 9.59 Å². The summed E-state index contributed by atoms with van der Waals surface area (Å²) < 4.78 is 6.02. The quantitative estimate of drug-likeness (QED) is 0.619. The molecule has 0 radical (unpaired) electrons. The molecule has 2 heterocycles. The van der Waals surface area contributed by atoms with Gasteiger partial charge in [0, 0.05) is 24.2 Å². The van der Waals surface area contributed by atoms with Gasteiger partial charge in [-0.1, -0.05) is 36.4 Å². The number of rotatable bonds is 2. The first-order valence-electron chi connectivity index (χ1n) is 9.48. The Balaban J connectivity index is 1.69. The molecule has 1 saturated heterocycles. The number of fused-ring (bicyclic) bond motifs is 1. The summed E-state index contributed by atoms with van der Waals surface area (Å²) in [5.74, 6) is -0.0426. The first kappa shape index (κ1) is 18.3. The van der Waals surface area contributed by atoms with Crippen LogP contribution in [0.2, 0.25) is 0 Å². The van der Waals surface area contributed by atoms with Crippen molar-refractivity contribution >= 4 is 11.9 Å². The average molecular weight is 381 g/mol. The normalized spacial score (nSPS) is 18.8. The van der Waals surface area contributed by atoms with Crippen molar-refractivity contribution < 1.29 is 19.5 Å². The smallest absolute Gasteiger partial charge is 0.320 e. The molecule has 4 rings (SSSR count). The van der Waals surface area contributed by atoms with Crippen LogP contribution < -0.4 is 10.2 Å². The highest BCUT2D eigenvalue weighted by Crippen LogP contribution is 2.33. The SMILES string of the molecule is O=C(NO)c1ccc2c(c1)OC[C@H](c1ccccc1)N(C(=O)N1CCCC1)C2. The topological polar surface area (TPSA) is 82.1 Å². The van der Waals surface area contributed by atoms with Crippen molar-refractivity contribution in [2.45, 2.75) is 25.4 Å². The number of nitrogens with one attached hydrogen (secondary N) is 1. The lowest BCUT2D eigenvalue weighted by atomic mass is 10.1. The standard InChI is InChI=1S/C21H23N3O4/c25-20(22-27)16-8-9-17-13-24(21(26)23-10-4-5-11-23)18(14-28-19(17)12-16)15-6-2-1-3-7-15/h1-3,6-9,12,18,27H,4-5,10-11,13-14H2,(H,22,25)/t18-/m1/s1. The highest BCUT2D eigenvalue weighted by atomic mass is 16.5. The van der Waals surface area contributed by atoms with Crippen LogP contribution in [0.3, 0.4) is 0 Å². The fraction of sp³-hybridized carbons (Fsp3) is 0.333. The molecule has 2 aromatic rings. The number of nitrogens with zero attached hydrogens (tertiary/aromatic N) is 2. The van der Waals surface area contributed by atoms with Gasteiger partial charge in [-0.25, -0.2) is 10.3 Å². The van der Waals surface area contributed by atoms with E-state index in [1.165, 1.54) is 0 Å².